The van der Waals surface area contributed by atoms with Gasteiger partial charge in [-0.25, -0.2) is 4.79 Å². The molecule has 0 fully saturated rings. The number of rotatable bonds is 8. The molecule has 130 valence electrons. The Morgan fingerprint density at radius 2 is 2.25 bits per heavy atom. The van der Waals surface area contributed by atoms with Crippen molar-refractivity contribution in [3.63, 3.8) is 0 Å². The van der Waals surface area contributed by atoms with E-state index in [0.717, 1.165) is 23.1 Å². The fourth-order valence-corrected chi connectivity index (χ4v) is 3.12. The number of nitrogens with zero attached hydrogens (tertiary/aromatic N) is 2. The number of aromatic nitrogens is 2. The molecule has 2 aromatic heterocycles. The van der Waals surface area contributed by atoms with Crippen LogP contribution < -0.4 is 5.32 Å². The molecule has 2 rings (SSSR count). The van der Waals surface area contributed by atoms with Gasteiger partial charge in [0.05, 0.1) is 17.7 Å². The molecule has 0 saturated carbocycles. The molecule has 0 bridgehead atoms. The Balaban J connectivity index is 1.89. The molecule has 2 aromatic rings. The zero-order chi connectivity index (χ0) is 17.5. The van der Waals surface area contributed by atoms with Gasteiger partial charge in [0.1, 0.15) is 6.04 Å². The van der Waals surface area contributed by atoms with Gasteiger partial charge in [0.15, 0.2) is 0 Å². The highest BCUT2D eigenvalue weighted by Crippen LogP contribution is 2.26. The summed E-state index contributed by atoms with van der Waals surface area (Å²) in [5.74, 6) is -0.233. The SMILES string of the molecule is CC[C@H](C)[C@@H](NC(=O)CSc1nnc(-c2cccs2)o1)C(=O)OC. The standard InChI is InChI=1S/C15H19N3O4S2/c1-4-9(2)12(14(20)21-3)16-11(19)8-24-15-18-17-13(22-15)10-6-5-7-23-10/h5-7,9,12H,4,8H2,1-3H3,(H,16,19)/t9-,12+/m0/s1. The Morgan fingerprint density at radius 1 is 1.46 bits per heavy atom. The lowest BCUT2D eigenvalue weighted by molar-refractivity contribution is -0.146. The van der Waals surface area contributed by atoms with E-state index in [1.807, 2.05) is 31.4 Å². The van der Waals surface area contributed by atoms with E-state index < -0.39 is 12.0 Å². The minimum atomic E-state index is -0.655. The van der Waals surface area contributed by atoms with Gasteiger partial charge in [-0.15, -0.1) is 21.5 Å². The van der Waals surface area contributed by atoms with Gasteiger partial charge in [-0.05, 0) is 17.4 Å². The number of carbonyl (C=O) groups is 2. The molecular formula is C15H19N3O4S2. The van der Waals surface area contributed by atoms with Crippen molar-refractivity contribution in [2.45, 2.75) is 31.5 Å². The molecular weight excluding hydrogens is 350 g/mol. The van der Waals surface area contributed by atoms with E-state index in [1.165, 1.54) is 18.4 Å². The normalized spacial score (nSPS) is 13.3. The molecule has 0 radical (unpaired) electrons. The van der Waals surface area contributed by atoms with E-state index in [2.05, 4.69) is 15.5 Å². The maximum Gasteiger partial charge on any atom is 0.328 e. The first-order valence-electron chi connectivity index (χ1n) is 7.42. The molecule has 7 nitrogen and oxygen atoms in total. The topological polar surface area (TPSA) is 94.3 Å². The maximum atomic E-state index is 12.1. The summed E-state index contributed by atoms with van der Waals surface area (Å²) < 4.78 is 10.2. The highest BCUT2D eigenvalue weighted by molar-refractivity contribution is 7.99. The van der Waals surface area contributed by atoms with Crippen LogP contribution in [0.3, 0.4) is 0 Å². The van der Waals surface area contributed by atoms with Crippen LogP contribution in [0.4, 0.5) is 0 Å². The van der Waals surface area contributed by atoms with Crippen LogP contribution in [0.25, 0.3) is 10.8 Å². The van der Waals surface area contributed by atoms with Crippen molar-refractivity contribution in [3.8, 4) is 10.8 Å². The lowest BCUT2D eigenvalue weighted by atomic mass is 9.99. The second kappa shape index (κ2) is 8.84. The van der Waals surface area contributed by atoms with E-state index >= 15 is 0 Å². The molecule has 0 aliphatic carbocycles. The average molecular weight is 369 g/mol. The summed E-state index contributed by atoms with van der Waals surface area (Å²) in [6.07, 6.45) is 0.751. The van der Waals surface area contributed by atoms with Crippen LogP contribution in [0, 0.1) is 5.92 Å². The lowest BCUT2D eigenvalue weighted by Gasteiger charge is -2.21. The van der Waals surface area contributed by atoms with Gasteiger partial charge in [0.2, 0.25) is 5.91 Å². The molecule has 0 saturated heterocycles. The fourth-order valence-electron chi connectivity index (χ4n) is 1.91. The molecule has 2 atom stereocenters. The molecule has 24 heavy (non-hydrogen) atoms. The Morgan fingerprint density at radius 3 is 2.88 bits per heavy atom. The predicted molar refractivity (Wildman–Crippen MR) is 91.7 cm³/mol. The fraction of sp³-hybridized carbons (Fsp3) is 0.467. The summed E-state index contributed by atoms with van der Waals surface area (Å²) in [6.45, 7) is 3.84. The number of ether oxygens (including phenoxy) is 1. The van der Waals surface area contributed by atoms with E-state index in [0.29, 0.717) is 11.1 Å². The summed E-state index contributed by atoms with van der Waals surface area (Å²) in [4.78, 5) is 24.7. The molecule has 0 aliphatic heterocycles. The quantitative estimate of drug-likeness (QED) is 0.564. The Labute approximate surface area is 148 Å². The molecule has 9 heteroatoms. The second-order valence-electron chi connectivity index (χ2n) is 5.09. The molecule has 0 unspecified atom stereocenters. The molecule has 1 N–H and O–H groups in total. The highest BCUT2D eigenvalue weighted by atomic mass is 32.2. The van der Waals surface area contributed by atoms with Gasteiger partial charge in [-0.3, -0.25) is 4.79 Å². The van der Waals surface area contributed by atoms with E-state index in [9.17, 15) is 9.59 Å². The summed E-state index contributed by atoms with van der Waals surface area (Å²) in [7, 11) is 1.31. The number of hydrogen-bond acceptors (Lipinski definition) is 8. The first-order chi connectivity index (χ1) is 11.5. The number of methoxy groups -OCH3 is 1. The van der Waals surface area contributed by atoms with Crippen LogP contribution >= 0.6 is 23.1 Å². The first-order valence-corrected chi connectivity index (χ1v) is 9.29. The summed E-state index contributed by atoms with van der Waals surface area (Å²) >= 11 is 2.62. The van der Waals surface area contributed by atoms with E-state index in [1.54, 1.807) is 0 Å². The third-order valence-electron chi connectivity index (χ3n) is 3.45. The molecule has 0 spiro atoms. The monoisotopic (exact) mass is 369 g/mol. The molecule has 1 amide bonds. The zero-order valence-electron chi connectivity index (χ0n) is 13.6. The third-order valence-corrected chi connectivity index (χ3v) is 5.13. The van der Waals surface area contributed by atoms with E-state index in [-0.39, 0.29) is 17.6 Å². The number of thiophene rings is 1. The van der Waals surface area contributed by atoms with Crippen molar-refractivity contribution in [2.24, 2.45) is 5.92 Å². The highest BCUT2D eigenvalue weighted by Gasteiger charge is 2.26. The summed E-state index contributed by atoms with van der Waals surface area (Å²) in [5.41, 5.74) is 0. The molecule has 2 heterocycles. The smallest absolute Gasteiger partial charge is 0.328 e. The van der Waals surface area contributed by atoms with Gasteiger partial charge in [0.25, 0.3) is 11.1 Å². The van der Waals surface area contributed by atoms with Crippen molar-refractivity contribution in [1.82, 2.24) is 15.5 Å². The van der Waals surface area contributed by atoms with Crippen LogP contribution in [0.2, 0.25) is 0 Å². The van der Waals surface area contributed by atoms with Crippen LogP contribution in [0.5, 0.6) is 0 Å². The number of nitrogens with one attached hydrogen (secondary N) is 1. The van der Waals surface area contributed by atoms with Crippen molar-refractivity contribution in [3.05, 3.63) is 17.5 Å². The van der Waals surface area contributed by atoms with Crippen LogP contribution in [-0.4, -0.2) is 41.0 Å². The summed E-state index contributed by atoms with van der Waals surface area (Å²) in [6, 6.07) is 3.12. The van der Waals surface area contributed by atoms with Gasteiger partial charge in [0, 0.05) is 0 Å². The number of thioether (sulfide) groups is 1. The predicted octanol–water partition coefficient (Wildman–Crippen LogP) is 2.59. The number of hydrogen-bond donors (Lipinski definition) is 1. The minimum Gasteiger partial charge on any atom is -0.467 e. The molecule has 0 aromatic carbocycles. The summed E-state index contributed by atoms with van der Waals surface area (Å²) in [5, 5.41) is 12.8. The van der Waals surface area contributed by atoms with Crippen LogP contribution in [0.1, 0.15) is 20.3 Å². The number of carbonyl (C=O) groups excluding carboxylic acids is 2. The van der Waals surface area contributed by atoms with Gasteiger partial charge in [-0.1, -0.05) is 38.1 Å². The Kier molecular flexibility index (Phi) is 6.80. The van der Waals surface area contributed by atoms with Crippen LogP contribution in [-0.2, 0) is 14.3 Å². The second-order valence-corrected chi connectivity index (χ2v) is 6.97. The first kappa shape index (κ1) is 18.5. The van der Waals surface area contributed by atoms with Gasteiger partial charge < -0.3 is 14.5 Å². The van der Waals surface area contributed by atoms with E-state index in [4.69, 9.17) is 9.15 Å². The third kappa shape index (κ3) is 4.81. The largest absolute Gasteiger partial charge is 0.467 e. The van der Waals surface area contributed by atoms with Crippen molar-refractivity contribution >= 4 is 35.0 Å². The minimum absolute atomic E-state index is 0.0137. The van der Waals surface area contributed by atoms with Gasteiger partial charge >= 0.3 is 5.97 Å². The number of esters is 1. The van der Waals surface area contributed by atoms with Crippen molar-refractivity contribution in [1.29, 1.82) is 0 Å². The zero-order valence-corrected chi connectivity index (χ0v) is 15.3. The lowest BCUT2D eigenvalue weighted by Crippen LogP contribution is -2.46. The number of amides is 1. The Hall–Kier alpha value is -1.87. The Bertz CT molecular complexity index is 672. The molecule has 0 aliphatic rings. The van der Waals surface area contributed by atoms with Gasteiger partial charge in [-0.2, -0.15) is 0 Å². The maximum absolute atomic E-state index is 12.1. The van der Waals surface area contributed by atoms with Crippen molar-refractivity contribution < 1.29 is 18.7 Å². The van der Waals surface area contributed by atoms with Crippen molar-refractivity contribution in [2.75, 3.05) is 12.9 Å². The van der Waals surface area contributed by atoms with Crippen LogP contribution in [0.15, 0.2) is 27.2 Å². The average Bonchev–Trinajstić information content (AvgIpc) is 3.27.